The quantitative estimate of drug-likeness (QED) is 0.800. The van der Waals surface area contributed by atoms with Gasteiger partial charge in [-0.1, -0.05) is 15.9 Å². The highest BCUT2D eigenvalue weighted by atomic mass is 79.9. The molecule has 1 aromatic heterocycles. The van der Waals surface area contributed by atoms with Gasteiger partial charge in [-0.2, -0.15) is 0 Å². The van der Waals surface area contributed by atoms with Gasteiger partial charge >= 0.3 is 0 Å². The first-order valence-electron chi connectivity index (χ1n) is 7.00. The molecule has 0 aliphatic carbocycles. The minimum absolute atomic E-state index is 0.0171. The third kappa shape index (κ3) is 3.97. The first-order chi connectivity index (χ1) is 9.86. The molecule has 0 aliphatic heterocycles. The number of hydrogen-bond donors (Lipinski definition) is 0. The topological polar surface area (TPSA) is 33.5 Å². The lowest BCUT2D eigenvalue weighted by atomic mass is 10.1. The Labute approximate surface area is 134 Å². The van der Waals surface area contributed by atoms with Gasteiger partial charge in [-0.05, 0) is 63.6 Å². The van der Waals surface area contributed by atoms with Gasteiger partial charge < -0.3 is 9.32 Å². The molecule has 2 rings (SSSR count). The van der Waals surface area contributed by atoms with Gasteiger partial charge in [-0.15, -0.1) is 0 Å². The number of benzene rings is 1. The largest absolute Gasteiger partial charge is 0.464 e. The molecule has 0 N–H and O–H groups in total. The summed E-state index contributed by atoms with van der Waals surface area (Å²) in [5.74, 6) is 1.68. The molecule has 4 heteroatoms. The second-order valence-corrected chi connectivity index (χ2v) is 6.47. The summed E-state index contributed by atoms with van der Waals surface area (Å²) in [6, 6.07) is 9.70. The van der Waals surface area contributed by atoms with E-state index in [2.05, 4.69) is 15.9 Å². The maximum atomic E-state index is 12.8. The third-order valence-corrected chi connectivity index (χ3v) is 3.75. The smallest absolute Gasteiger partial charge is 0.254 e. The summed E-state index contributed by atoms with van der Waals surface area (Å²) < 4.78 is 6.51. The van der Waals surface area contributed by atoms with Gasteiger partial charge in [0.05, 0.1) is 6.54 Å². The zero-order valence-electron chi connectivity index (χ0n) is 12.8. The fourth-order valence-electron chi connectivity index (χ4n) is 2.25. The number of nitrogens with zero attached hydrogens (tertiary/aromatic N) is 1. The second kappa shape index (κ2) is 6.48. The maximum Gasteiger partial charge on any atom is 0.254 e. The van der Waals surface area contributed by atoms with E-state index in [1.165, 1.54) is 0 Å². The maximum absolute atomic E-state index is 12.8. The van der Waals surface area contributed by atoms with Crippen molar-refractivity contribution >= 4 is 21.8 Å². The second-order valence-electron chi connectivity index (χ2n) is 5.56. The summed E-state index contributed by atoms with van der Waals surface area (Å²) >= 11 is 3.45. The number of carbonyl (C=O) groups excluding carboxylic acids is 1. The molecule has 0 aliphatic rings. The van der Waals surface area contributed by atoms with Crippen molar-refractivity contribution in [2.75, 3.05) is 0 Å². The Bertz CT molecular complexity index is 626. The zero-order valence-corrected chi connectivity index (χ0v) is 14.4. The molecule has 1 heterocycles. The van der Waals surface area contributed by atoms with E-state index in [-0.39, 0.29) is 11.9 Å². The van der Waals surface area contributed by atoms with Crippen LogP contribution in [0.3, 0.4) is 0 Å². The molecule has 1 amide bonds. The van der Waals surface area contributed by atoms with Gasteiger partial charge in [0.1, 0.15) is 11.5 Å². The van der Waals surface area contributed by atoms with Crippen LogP contribution < -0.4 is 0 Å². The zero-order chi connectivity index (χ0) is 15.6. The van der Waals surface area contributed by atoms with Crippen molar-refractivity contribution < 1.29 is 9.21 Å². The molecule has 3 nitrogen and oxygen atoms in total. The van der Waals surface area contributed by atoms with Crippen LogP contribution in [0.15, 0.2) is 39.2 Å². The summed E-state index contributed by atoms with van der Waals surface area (Å²) in [5, 5.41) is 0. The fraction of sp³-hybridized carbons (Fsp3) is 0.353. The number of aryl methyl sites for hydroxylation is 2. The standard InChI is InChI=1S/C17H20BrNO2/c1-11(2)19(10-16-6-5-13(4)21-16)17(20)14-7-12(3)8-15(18)9-14/h5-9,11H,10H2,1-4H3. The summed E-state index contributed by atoms with van der Waals surface area (Å²) in [5.41, 5.74) is 1.75. The third-order valence-electron chi connectivity index (χ3n) is 3.30. The van der Waals surface area contributed by atoms with Crippen molar-refractivity contribution in [3.05, 3.63) is 57.5 Å². The highest BCUT2D eigenvalue weighted by molar-refractivity contribution is 9.10. The summed E-state index contributed by atoms with van der Waals surface area (Å²) in [4.78, 5) is 14.6. The molecule has 0 unspecified atom stereocenters. The molecule has 0 fully saturated rings. The van der Waals surface area contributed by atoms with Crippen molar-refractivity contribution in [3.63, 3.8) is 0 Å². The minimum Gasteiger partial charge on any atom is -0.464 e. The molecule has 0 bridgehead atoms. The van der Waals surface area contributed by atoms with E-state index in [9.17, 15) is 4.79 Å². The molecule has 0 atom stereocenters. The van der Waals surface area contributed by atoms with Crippen LogP contribution in [0.1, 0.15) is 41.3 Å². The molecule has 0 saturated carbocycles. The Morgan fingerprint density at radius 1 is 1.24 bits per heavy atom. The highest BCUT2D eigenvalue weighted by Crippen LogP contribution is 2.20. The first-order valence-corrected chi connectivity index (χ1v) is 7.79. The monoisotopic (exact) mass is 349 g/mol. The van der Waals surface area contributed by atoms with E-state index < -0.39 is 0 Å². The van der Waals surface area contributed by atoms with Crippen LogP contribution in [0, 0.1) is 13.8 Å². The number of hydrogen-bond acceptors (Lipinski definition) is 2. The minimum atomic E-state index is 0.0171. The molecule has 112 valence electrons. The van der Waals surface area contributed by atoms with Crippen molar-refractivity contribution in [1.29, 1.82) is 0 Å². The normalized spacial score (nSPS) is 11.0. The number of carbonyl (C=O) groups is 1. The van der Waals surface area contributed by atoms with Gasteiger partial charge in [0.25, 0.3) is 5.91 Å². The van der Waals surface area contributed by atoms with Crippen LogP contribution in [0.2, 0.25) is 0 Å². The Kier molecular flexibility index (Phi) is 4.88. The lowest BCUT2D eigenvalue weighted by molar-refractivity contribution is 0.0675. The summed E-state index contributed by atoms with van der Waals surface area (Å²) in [7, 11) is 0. The summed E-state index contributed by atoms with van der Waals surface area (Å²) in [6.45, 7) is 8.40. The number of rotatable bonds is 4. The van der Waals surface area contributed by atoms with Gasteiger partial charge in [0.2, 0.25) is 0 Å². The van der Waals surface area contributed by atoms with E-state index in [1.54, 1.807) is 0 Å². The molecule has 21 heavy (non-hydrogen) atoms. The van der Waals surface area contributed by atoms with Crippen LogP contribution in [0.4, 0.5) is 0 Å². The highest BCUT2D eigenvalue weighted by Gasteiger charge is 2.20. The van der Waals surface area contributed by atoms with Crippen LogP contribution in [-0.4, -0.2) is 16.8 Å². The van der Waals surface area contributed by atoms with Crippen molar-refractivity contribution in [3.8, 4) is 0 Å². The van der Waals surface area contributed by atoms with E-state index in [0.29, 0.717) is 12.1 Å². The Balaban J connectivity index is 2.26. The number of amides is 1. The predicted octanol–water partition coefficient (Wildman–Crippen LogP) is 4.71. The fourth-order valence-corrected chi connectivity index (χ4v) is 2.86. The molecular weight excluding hydrogens is 330 g/mol. The lowest BCUT2D eigenvalue weighted by Crippen LogP contribution is -2.36. The molecule has 0 spiro atoms. The van der Waals surface area contributed by atoms with E-state index in [0.717, 1.165) is 21.6 Å². The van der Waals surface area contributed by atoms with E-state index >= 15 is 0 Å². The SMILES string of the molecule is Cc1cc(Br)cc(C(=O)N(Cc2ccc(C)o2)C(C)C)c1. The van der Waals surface area contributed by atoms with Crippen molar-refractivity contribution in [2.45, 2.75) is 40.3 Å². The van der Waals surface area contributed by atoms with Crippen LogP contribution >= 0.6 is 15.9 Å². The molecule has 2 aromatic rings. The van der Waals surface area contributed by atoms with Crippen molar-refractivity contribution in [1.82, 2.24) is 4.90 Å². The lowest BCUT2D eigenvalue weighted by Gasteiger charge is -2.26. The average molecular weight is 350 g/mol. The van der Waals surface area contributed by atoms with Gasteiger partial charge in [0, 0.05) is 16.1 Å². The summed E-state index contributed by atoms with van der Waals surface area (Å²) in [6.07, 6.45) is 0. The van der Waals surface area contributed by atoms with E-state index in [4.69, 9.17) is 4.42 Å². The van der Waals surface area contributed by atoms with Crippen LogP contribution in [0.25, 0.3) is 0 Å². The Morgan fingerprint density at radius 3 is 2.48 bits per heavy atom. The predicted molar refractivity (Wildman–Crippen MR) is 87.3 cm³/mol. The molecule has 0 saturated heterocycles. The number of halogens is 1. The van der Waals surface area contributed by atoms with Crippen molar-refractivity contribution in [2.24, 2.45) is 0 Å². The van der Waals surface area contributed by atoms with Gasteiger partial charge in [0.15, 0.2) is 0 Å². The van der Waals surface area contributed by atoms with Gasteiger partial charge in [-0.25, -0.2) is 0 Å². The van der Waals surface area contributed by atoms with E-state index in [1.807, 2.05) is 62.9 Å². The average Bonchev–Trinajstić information content (AvgIpc) is 2.79. The van der Waals surface area contributed by atoms with Gasteiger partial charge in [-0.3, -0.25) is 4.79 Å². The first kappa shape index (κ1) is 15.8. The molecule has 1 aromatic carbocycles. The van der Waals surface area contributed by atoms with Crippen LogP contribution in [0.5, 0.6) is 0 Å². The number of furan rings is 1. The Morgan fingerprint density at radius 2 is 1.95 bits per heavy atom. The van der Waals surface area contributed by atoms with Crippen LogP contribution in [-0.2, 0) is 6.54 Å². The molecular formula is C17H20BrNO2. The molecule has 0 radical (unpaired) electrons. The Hall–Kier alpha value is -1.55.